The highest BCUT2D eigenvalue weighted by Crippen LogP contribution is 2.49. The lowest BCUT2D eigenvalue weighted by Gasteiger charge is -2.25. The maximum absolute atomic E-state index is 12.0. The van der Waals surface area contributed by atoms with Crippen molar-refractivity contribution >= 4 is 36.0 Å². The van der Waals surface area contributed by atoms with Crippen molar-refractivity contribution in [1.29, 1.82) is 0 Å². The van der Waals surface area contributed by atoms with Crippen LogP contribution in [0.4, 0.5) is 5.69 Å². The van der Waals surface area contributed by atoms with Crippen molar-refractivity contribution in [3.8, 4) is 0 Å². The fourth-order valence-electron chi connectivity index (χ4n) is 6.23. The zero-order chi connectivity index (χ0) is 29.6. The van der Waals surface area contributed by atoms with Crippen molar-refractivity contribution < 1.29 is 23.6 Å². The van der Waals surface area contributed by atoms with Gasteiger partial charge in [0.2, 0.25) is 5.69 Å². The number of rotatable bonds is 12. The molecule has 2 heterocycles. The molecule has 4 rings (SSSR count). The van der Waals surface area contributed by atoms with Gasteiger partial charge in [0.05, 0.1) is 29.8 Å². The molecule has 0 radical (unpaired) electrons. The molecule has 1 unspecified atom stereocenters. The summed E-state index contributed by atoms with van der Waals surface area (Å²) in [6.45, 7) is 12.6. The van der Waals surface area contributed by atoms with Crippen LogP contribution < -0.4 is 0 Å². The van der Waals surface area contributed by atoms with Gasteiger partial charge in [-0.25, -0.2) is 0 Å². The van der Waals surface area contributed by atoms with Gasteiger partial charge in [-0.3, -0.25) is 9.59 Å². The van der Waals surface area contributed by atoms with Gasteiger partial charge in [-0.1, -0.05) is 36.4 Å². The number of allylic oxidation sites excluding steroid dienone is 6. The number of thiol groups is 1. The number of nitrogens with zero attached hydrogens (tertiary/aromatic N) is 2. The van der Waals surface area contributed by atoms with E-state index in [1.165, 1.54) is 28.2 Å². The fraction of sp³-hybridized carbons (Fsp3) is 0.500. The molecule has 1 aliphatic carbocycles. The van der Waals surface area contributed by atoms with E-state index in [1.54, 1.807) is 0 Å². The second-order valence-corrected chi connectivity index (χ2v) is 12.3. The summed E-state index contributed by atoms with van der Waals surface area (Å²) < 4.78 is 12.2. The zero-order valence-corrected chi connectivity index (χ0v) is 26.1. The number of carbonyl (C=O) groups excluding carboxylic acids is 2. The lowest BCUT2D eigenvalue weighted by molar-refractivity contribution is -0.438. The first-order valence-corrected chi connectivity index (χ1v) is 15.4. The Labute approximate surface area is 250 Å². The Kier molecular flexibility index (Phi) is 10.0. The number of carbonyl (C=O) groups is 2. The third-order valence-electron chi connectivity index (χ3n) is 8.18. The van der Waals surface area contributed by atoms with Crippen molar-refractivity contribution in [2.75, 3.05) is 26.3 Å². The summed E-state index contributed by atoms with van der Waals surface area (Å²) in [5, 5.41) is 0. The molecule has 1 saturated heterocycles. The van der Waals surface area contributed by atoms with Crippen LogP contribution in [0.2, 0.25) is 0 Å². The summed E-state index contributed by atoms with van der Waals surface area (Å²) in [6, 6.07) is 8.53. The van der Waals surface area contributed by atoms with E-state index in [-0.39, 0.29) is 17.4 Å². The monoisotopic (exact) mass is 577 g/mol. The molecule has 0 N–H and O–H groups in total. The topological polar surface area (TPSA) is 58.8 Å². The van der Waals surface area contributed by atoms with E-state index in [0.717, 1.165) is 31.6 Å². The van der Waals surface area contributed by atoms with E-state index < -0.39 is 4.75 Å². The lowest BCUT2D eigenvalue weighted by atomic mass is 9.81. The van der Waals surface area contributed by atoms with Crippen molar-refractivity contribution in [1.82, 2.24) is 4.90 Å². The third kappa shape index (κ3) is 6.56. The Morgan fingerprint density at radius 2 is 1.66 bits per heavy atom. The molecule has 41 heavy (non-hydrogen) atoms. The van der Waals surface area contributed by atoms with Crippen LogP contribution in [0, 0.1) is 0 Å². The first-order valence-electron chi connectivity index (χ1n) is 15.0. The quantitative estimate of drug-likeness (QED) is 0.168. The van der Waals surface area contributed by atoms with Gasteiger partial charge < -0.3 is 14.4 Å². The molecule has 0 saturated carbocycles. The van der Waals surface area contributed by atoms with Crippen LogP contribution in [0.15, 0.2) is 71.6 Å². The standard InChI is InChI=1S/C34H44N2O4S/c1-6-39-31(37)21-13-23-35-27-17-10-8-15-25(27)33(3,4)29(35)19-12-20-30-34(5,41)26-16-9-11-18-28(26)36(30)24-14-22-32(38)40-7-2/h8,10,12,15-20H,6-7,9,11,13-14,21-24H2,1-5H3/p+1. The Bertz CT molecular complexity index is 1320. The van der Waals surface area contributed by atoms with Crippen molar-refractivity contribution in [2.45, 2.75) is 83.3 Å². The normalized spacial score (nSPS) is 22.1. The Hall–Kier alpha value is -3.06. The molecule has 1 fully saturated rings. The van der Waals surface area contributed by atoms with Crippen LogP contribution in [0.25, 0.3) is 0 Å². The lowest BCUT2D eigenvalue weighted by Crippen LogP contribution is -2.28. The van der Waals surface area contributed by atoms with Crippen LogP contribution in [-0.4, -0.2) is 58.2 Å². The van der Waals surface area contributed by atoms with Gasteiger partial charge in [-0.05, 0) is 65.5 Å². The minimum atomic E-state index is -0.432. The smallest absolute Gasteiger partial charge is 0.306 e. The predicted molar refractivity (Wildman–Crippen MR) is 168 cm³/mol. The largest absolute Gasteiger partial charge is 0.466 e. The first kappa shape index (κ1) is 30.9. The summed E-state index contributed by atoms with van der Waals surface area (Å²) >= 11 is 5.17. The minimum Gasteiger partial charge on any atom is -0.466 e. The molecule has 7 heteroatoms. The fourth-order valence-corrected chi connectivity index (χ4v) is 6.63. The van der Waals surface area contributed by atoms with E-state index in [2.05, 4.69) is 84.9 Å². The molecule has 0 aromatic heterocycles. The molecule has 220 valence electrons. The Balaban J connectivity index is 1.64. The van der Waals surface area contributed by atoms with E-state index in [4.69, 9.17) is 22.1 Å². The third-order valence-corrected chi connectivity index (χ3v) is 8.65. The second kappa shape index (κ2) is 13.3. The first-order chi connectivity index (χ1) is 19.6. The molecule has 3 aliphatic rings. The summed E-state index contributed by atoms with van der Waals surface area (Å²) in [7, 11) is 0. The number of benzene rings is 1. The molecule has 0 spiro atoms. The summed E-state index contributed by atoms with van der Waals surface area (Å²) in [6.07, 6.45) is 15.4. The van der Waals surface area contributed by atoms with Crippen LogP contribution in [-0.2, 0) is 24.5 Å². The summed E-state index contributed by atoms with van der Waals surface area (Å²) in [4.78, 5) is 26.4. The maximum Gasteiger partial charge on any atom is 0.306 e. The number of esters is 2. The Morgan fingerprint density at radius 1 is 1.00 bits per heavy atom. The van der Waals surface area contributed by atoms with Gasteiger partial charge in [0.1, 0.15) is 6.54 Å². The SMILES string of the molecule is CCOC(=O)CCCN1C2=CCCC=C2C(C)(S)/C1=C\C=C\C1=[N+](CCCC(=O)OCC)c2ccccc2C1(C)C. The van der Waals surface area contributed by atoms with Gasteiger partial charge in [-0.2, -0.15) is 17.2 Å². The second-order valence-electron chi connectivity index (χ2n) is 11.4. The van der Waals surface area contributed by atoms with Crippen molar-refractivity contribution in [3.63, 3.8) is 0 Å². The number of ether oxygens (including phenoxy) is 2. The Morgan fingerprint density at radius 3 is 2.37 bits per heavy atom. The average molecular weight is 578 g/mol. The highest BCUT2D eigenvalue weighted by atomic mass is 32.1. The molecule has 6 nitrogen and oxygen atoms in total. The minimum absolute atomic E-state index is 0.150. The molecular weight excluding hydrogens is 532 g/mol. The van der Waals surface area contributed by atoms with Gasteiger partial charge in [-0.15, -0.1) is 0 Å². The highest BCUT2D eigenvalue weighted by Gasteiger charge is 2.45. The number of fused-ring (bicyclic) bond motifs is 2. The van der Waals surface area contributed by atoms with Gasteiger partial charge >= 0.3 is 11.9 Å². The van der Waals surface area contributed by atoms with Crippen LogP contribution in [0.1, 0.15) is 78.7 Å². The maximum atomic E-state index is 12.0. The number of hydrogen-bond acceptors (Lipinski definition) is 6. The van der Waals surface area contributed by atoms with E-state index in [0.29, 0.717) is 38.9 Å². The number of para-hydroxylation sites is 1. The zero-order valence-electron chi connectivity index (χ0n) is 25.2. The average Bonchev–Trinajstić information content (AvgIpc) is 3.28. The van der Waals surface area contributed by atoms with Crippen LogP contribution >= 0.6 is 12.6 Å². The van der Waals surface area contributed by atoms with Gasteiger partial charge in [0, 0.05) is 48.5 Å². The van der Waals surface area contributed by atoms with Crippen molar-refractivity contribution in [3.05, 3.63) is 77.2 Å². The summed E-state index contributed by atoms with van der Waals surface area (Å²) in [5.41, 5.74) is 7.05. The van der Waals surface area contributed by atoms with Gasteiger partial charge in [0.15, 0.2) is 5.71 Å². The summed E-state index contributed by atoms with van der Waals surface area (Å²) in [5.74, 6) is -0.301. The van der Waals surface area contributed by atoms with Crippen LogP contribution in [0.3, 0.4) is 0 Å². The molecule has 1 aromatic carbocycles. The van der Waals surface area contributed by atoms with E-state index >= 15 is 0 Å². The molecule has 1 aromatic rings. The molecule has 0 amide bonds. The molecule has 1 atom stereocenters. The van der Waals surface area contributed by atoms with E-state index in [1.807, 2.05) is 13.8 Å². The van der Waals surface area contributed by atoms with Crippen molar-refractivity contribution in [2.24, 2.45) is 0 Å². The van der Waals surface area contributed by atoms with Crippen LogP contribution in [0.5, 0.6) is 0 Å². The van der Waals surface area contributed by atoms with Gasteiger partial charge in [0.25, 0.3) is 0 Å². The molecule has 2 aliphatic heterocycles. The molecule has 0 bridgehead atoms. The van der Waals surface area contributed by atoms with E-state index in [9.17, 15) is 9.59 Å². The molecular formula is C34H45N2O4S+. The predicted octanol–water partition coefficient (Wildman–Crippen LogP) is 6.80. The number of hydrogen-bond donors (Lipinski definition) is 1. The number of likely N-dealkylation sites (tertiary alicyclic amines) is 1. The highest BCUT2D eigenvalue weighted by molar-refractivity contribution is 7.82.